The standard InChI is InChI=1S/C59H76ClN11O6/c1-56(2,3)77-55(75)71-53(59(71)21-26-67(27-22-59)50-47-15-23-61-49(47)62-40-63-50)64-48(41-11-13-46(60)14-12-41)16-25-65-28-34-69(35-29-65)54(74)57-17-19-58(20-18-57,76-39-57)38-66-30-32-68(33-31-66)52(73)44-7-4-6-43(36-44)45-8-5-24-70(37-45)51(72)42-9-10-42/h4,6-7,11-15,23,36,40,42,45,48H,5,8-10,16-22,24-35,37-39H2,1-3H3,(H,61,62,63)/p+1/t45?,48-,57?,58?,71?/m0/s1. The summed E-state index contributed by atoms with van der Waals surface area (Å²) in [5, 5.41) is 1.66. The number of halogens is 1. The number of benzene rings is 2. The van der Waals surface area contributed by atoms with Crippen molar-refractivity contribution in [1.82, 2.24) is 44.4 Å². The Morgan fingerprint density at radius 2 is 1.55 bits per heavy atom. The molecule has 1 unspecified atom stereocenters. The molecule has 2 aromatic heterocycles. The Morgan fingerprint density at radius 3 is 2.25 bits per heavy atom. The fourth-order valence-electron chi connectivity index (χ4n) is 13.7. The Morgan fingerprint density at radius 1 is 0.818 bits per heavy atom. The van der Waals surface area contributed by atoms with Gasteiger partial charge in [0.15, 0.2) is 0 Å². The van der Waals surface area contributed by atoms with Gasteiger partial charge in [0.1, 0.15) is 29.4 Å². The van der Waals surface area contributed by atoms with E-state index < -0.39 is 16.6 Å². The second-order valence-electron chi connectivity index (χ2n) is 24.6. The zero-order chi connectivity index (χ0) is 53.1. The molecule has 0 radical (unpaired) electrons. The van der Waals surface area contributed by atoms with Crippen LogP contribution in [0.25, 0.3) is 11.0 Å². The van der Waals surface area contributed by atoms with Gasteiger partial charge in [-0.15, -0.1) is 4.90 Å². The summed E-state index contributed by atoms with van der Waals surface area (Å²) >= 11 is 6.42. The molecular weight excluding hydrogens is 994 g/mol. The Labute approximate surface area is 457 Å². The third-order valence-corrected chi connectivity index (χ3v) is 18.7. The van der Waals surface area contributed by atoms with Crippen LogP contribution < -0.4 is 9.89 Å². The molecule has 17 nitrogen and oxygen atoms in total. The zero-order valence-electron chi connectivity index (χ0n) is 45.3. The van der Waals surface area contributed by atoms with E-state index in [1.54, 1.807) is 6.33 Å². The van der Waals surface area contributed by atoms with E-state index in [0.717, 1.165) is 170 Å². The number of H-pyrrole nitrogens is 1. The van der Waals surface area contributed by atoms with Crippen molar-refractivity contribution in [2.45, 2.75) is 120 Å². The first-order valence-corrected chi connectivity index (χ1v) is 29.1. The van der Waals surface area contributed by atoms with Gasteiger partial charge >= 0.3 is 11.9 Å². The third kappa shape index (κ3) is 10.7. The van der Waals surface area contributed by atoms with Crippen LogP contribution in [-0.4, -0.2) is 189 Å². The number of amides is 4. The molecule has 9 aliphatic rings. The maximum atomic E-state index is 14.5. The van der Waals surface area contributed by atoms with Gasteiger partial charge in [0.2, 0.25) is 17.4 Å². The van der Waals surface area contributed by atoms with Gasteiger partial charge in [0, 0.05) is 140 Å². The maximum Gasteiger partial charge on any atom is 0.508 e. The highest BCUT2D eigenvalue weighted by molar-refractivity contribution is 6.30. The van der Waals surface area contributed by atoms with Crippen molar-refractivity contribution < 1.29 is 33.6 Å². The number of likely N-dealkylation sites (tertiary alicyclic amines) is 1. The molecule has 7 aliphatic heterocycles. The number of piperidine rings is 2. The lowest BCUT2D eigenvalue weighted by molar-refractivity contribution is -0.511. The summed E-state index contributed by atoms with van der Waals surface area (Å²) in [5.41, 5.74) is 1.97. The minimum atomic E-state index is -0.645. The number of ether oxygens (including phenoxy) is 2. The number of hydrogen-bond donors (Lipinski definition) is 2. The van der Waals surface area contributed by atoms with Gasteiger partial charge in [-0.2, -0.15) is 4.79 Å². The molecule has 2 aromatic carbocycles. The molecule has 2 saturated carbocycles. The number of hydrogen-bond acceptors (Lipinski definition) is 11. The summed E-state index contributed by atoms with van der Waals surface area (Å²) < 4.78 is 12.8. The second-order valence-corrected chi connectivity index (χ2v) is 25.1. The van der Waals surface area contributed by atoms with Crippen molar-refractivity contribution in [3.63, 3.8) is 0 Å². The van der Waals surface area contributed by atoms with Crippen LogP contribution in [0.1, 0.15) is 125 Å². The number of carbonyl (C=O) groups is 4. The fraction of sp³-hybridized carbons (Fsp3) is 0.610. The van der Waals surface area contributed by atoms with Crippen LogP contribution in [-0.2, 0) is 19.1 Å². The van der Waals surface area contributed by atoms with Crippen molar-refractivity contribution in [1.29, 1.82) is 0 Å². The topological polar surface area (TPSA) is 165 Å². The summed E-state index contributed by atoms with van der Waals surface area (Å²) in [6.07, 6.45) is 12.9. The van der Waals surface area contributed by atoms with Gasteiger partial charge < -0.3 is 34.1 Å². The first-order valence-electron chi connectivity index (χ1n) is 28.7. The highest BCUT2D eigenvalue weighted by Gasteiger charge is 2.74. The van der Waals surface area contributed by atoms with E-state index in [9.17, 15) is 19.2 Å². The first kappa shape index (κ1) is 52.1. The van der Waals surface area contributed by atoms with E-state index in [-0.39, 0.29) is 41.4 Å². The van der Waals surface area contributed by atoms with Crippen LogP contribution in [0, 0.1) is 11.3 Å². The molecule has 2 aliphatic carbocycles. The molecule has 4 aromatic rings. The van der Waals surface area contributed by atoms with Crippen LogP contribution >= 0.6 is 11.6 Å². The number of amidine groups is 1. The van der Waals surface area contributed by atoms with Gasteiger partial charge in [-0.25, -0.2) is 9.97 Å². The molecule has 77 heavy (non-hydrogen) atoms. The number of aromatic nitrogens is 3. The molecule has 1 spiro atoms. The summed E-state index contributed by atoms with van der Waals surface area (Å²) in [6, 6.07) is 18.1. The average molecular weight is 1070 g/mol. The van der Waals surface area contributed by atoms with E-state index in [4.69, 9.17) is 21.1 Å². The van der Waals surface area contributed by atoms with Gasteiger partial charge in [-0.05, 0) is 114 Å². The molecule has 9 heterocycles. The minimum Gasteiger partial charge on any atom is -0.425 e. The summed E-state index contributed by atoms with van der Waals surface area (Å²) in [5.74, 6) is 2.96. The number of nitrogens with zero attached hydrogens (tertiary/aromatic N) is 9. The van der Waals surface area contributed by atoms with E-state index in [0.29, 0.717) is 43.7 Å². The van der Waals surface area contributed by atoms with Gasteiger partial charge in [-0.3, -0.25) is 29.2 Å². The summed E-state index contributed by atoms with van der Waals surface area (Å²) in [4.78, 5) is 86.5. The largest absolute Gasteiger partial charge is 0.508 e. The fourth-order valence-corrected chi connectivity index (χ4v) is 13.8. The van der Waals surface area contributed by atoms with Gasteiger partial charge in [0.05, 0.1) is 23.0 Å². The molecule has 7 saturated heterocycles. The molecule has 2 bridgehead atoms. The highest BCUT2D eigenvalue weighted by atomic mass is 35.5. The molecular formula is C59H77ClN11O6+. The Bertz CT molecular complexity index is 2850. The normalized spacial score (nSPS) is 26.9. The minimum absolute atomic E-state index is 0.0851. The quantitative estimate of drug-likeness (QED) is 0.164. The molecule has 2 N–H and O–H groups in total. The summed E-state index contributed by atoms with van der Waals surface area (Å²) in [7, 11) is 0. The number of anilines is 1. The van der Waals surface area contributed by atoms with Gasteiger partial charge in [-0.1, -0.05) is 35.9 Å². The number of nitrogens with one attached hydrogen (secondary N) is 2. The zero-order valence-corrected chi connectivity index (χ0v) is 46.1. The maximum absolute atomic E-state index is 14.5. The summed E-state index contributed by atoms with van der Waals surface area (Å²) in [6.45, 7) is 16.8. The van der Waals surface area contributed by atoms with Crippen LogP contribution in [0.15, 0.2) is 67.1 Å². The van der Waals surface area contributed by atoms with Crippen LogP contribution in [0.3, 0.4) is 0 Å². The second kappa shape index (κ2) is 20.9. The average Bonchev–Trinajstić information content (AvgIpc) is 4.49. The lowest BCUT2D eigenvalue weighted by Crippen LogP contribution is -2.74. The Balaban J connectivity index is 0.628. The highest BCUT2D eigenvalue weighted by Crippen LogP contribution is 2.51. The van der Waals surface area contributed by atoms with Crippen molar-refractivity contribution in [2.24, 2.45) is 11.3 Å². The Hall–Kier alpha value is -5.62. The lowest BCUT2D eigenvalue weighted by Gasteiger charge is -2.55. The van der Waals surface area contributed by atoms with Crippen molar-refractivity contribution >= 4 is 58.1 Å². The predicted octanol–water partition coefficient (Wildman–Crippen LogP) is 5.86. The number of aromatic amines is 1. The van der Waals surface area contributed by atoms with Crippen molar-refractivity contribution in [2.75, 3.05) is 103 Å². The molecule has 18 heteroatoms. The van der Waals surface area contributed by atoms with Crippen molar-refractivity contribution in [3.05, 3.63) is 88.8 Å². The number of rotatable bonds is 12. The van der Waals surface area contributed by atoms with E-state index in [1.165, 1.54) is 5.56 Å². The van der Waals surface area contributed by atoms with Crippen LogP contribution in [0.2, 0.25) is 5.02 Å². The molecule has 9 fully saturated rings. The number of piperazine rings is 2. The smallest absolute Gasteiger partial charge is 0.425 e. The molecule has 410 valence electrons. The number of carbonyl (C=O) groups excluding carboxylic acids is 4. The van der Waals surface area contributed by atoms with E-state index in [2.05, 4.69) is 68.7 Å². The van der Waals surface area contributed by atoms with Crippen LogP contribution in [0.5, 0.6) is 0 Å². The monoisotopic (exact) mass is 1070 g/mol. The van der Waals surface area contributed by atoms with Crippen molar-refractivity contribution in [3.8, 4) is 0 Å². The van der Waals surface area contributed by atoms with E-state index >= 15 is 0 Å². The molecule has 4 amide bonds. The van der Waals surface area contributed by atoms with E-state index in [1.807, 2.05) is 67.1 Å². The molecule has 13 rings (SSSR count). The predicted molar refractivity (Wildman–Crippen MR) is 294 cm³/mol. The number of fused-ring (bicyclic) bond motifs is 4. The lowest BCUT2D eigenvalue weighted by atomic mass is 9.65. The van der Waals surface area contributed by atoms with Crippen LogP contribution in [0.4, 0.5) is 10.6 Å². The first-order chi connectivity index (χ1) is 37.2. The third-order valence-electron chi connectivity index (χ3n) is 18.5. The Kier molecular flexibility index (Phi) is 14.1. The SMILES string of the molecule is CC(C)(C)OC(=O)N1C(=[NH+][C@@H](CCN2CCN(C(=O)C34CCC(CN5CCN(C(=O)c6cccc(C7CCCN(C(=O)C8CC8)C7)c6)CC5)(CC3)OC4)CC2)c2ccc(Cl)cc2)C12CCN(c1ncnc3[nH]ccc13)CC2. The van der Waals surface area contributed by atoms with Gasteiger partial charge in [0.25, 0.3) is 5.91 Å². The molecule has 2 atom stereocenters.